The van der Waals surface area contributed by atoms with Crippen molar-refractivity contribution in [1.82, 2.24) is 5.32 Å². The Morgan fingerprint density at radius 2 is 2.29 bits per heavy atom. The van der Waals surface area contributed by atoms with E-state index >= 15 is 0 Å². The molecule has 1 aliphatic rings. The third kappa shape index (κ3) is 4.07. The smallest absolute Gasteiger partial charge is 0.251 e. The predicted octanol–water partition coefficient (Wildman–Crippen LogP) is 0.564. The van der Waals surface area contributed by atoms with E-state index in [1.54, 1.807) is 0 Å². The Labute approximate surface area is 85.0 Å². The van der Waals surface area contributed by atoms with Crippen LogP contribution in [0, 0.1) is 5.92 Å². The number of ether oxygens (including phenoxy) is 2. The average molecular weight is 201 g/mol. The highest BCUT2D eigenvalue weighted by Crippen LogP contribution is 2.01. The van der Waals surface area contributed by atoms with Crippen LogP contribution in [0.1, 0.15) is 20.3 Å². The van der Waals surface area contributed by atoms with Crippen LogP contribution in [0.5, 0.6) is 0 Å². The fourth-order valence-electron chi connectivity index (χ4n) is 1.24. The highest BCUT2D eigenvalue weighted by atomic mass is 16.6. The van der Waals surface area contributed by atoms with Gasteiger partial charge in [0.05, 0.1) is 19.8 Å². The lowest BCUT2D eigenvalue weighted by molar-refractivity contribution is -0.147. The molecule has 14 heavy (non-hydrogen) atoms. The number of hydrogen-bond acceptors (Lipinski definition) is 3. The molecule has 0 aromatic carbocycles. The molecule has 1 N–H and O–H groups in total. The van der Waals surface area contributed by atoms with Crippen LogP contribution in [-0.4, -0.2) is 38.4 Å². The Morgan fingerprint density at radius 1 is 1.50 bits per heavy atom. The number of amides is 1. The lowest BCUT2D eigenvalue weighted by atomic mass is 10.1. The molecule has 1 aliphatic heterocycles. The van der Waals surface area contributed by atoms with E-state index in [-0.39, 0.29) is 5.91 Å². The molecule has 1 fully saturated rings. The van der Waals surface area contributed by atoms with E-state index in [2.05, 4.69) is 19.2 Å². The molecule has 0 aromatic heterocycles. The molecule has 0 radical (unpaired) electrons. The summed E-state index contributed by atoms with van der Waals surface area (Å²) in [5, 5.41) is 2.84. The Kier molecular flexibility index (Phi) is 4.90. The summed E-state index contributed by atoms with van der Waals surface area (Å²) < 4.78 is 10.4. The molecule has 0 bridgehead atoms. The van der Waals surface area contributed by atoms with Crippen molar-refractivity contribution < 1.29 is 14.3 Å². The molecular formula is C10H19NO3. The van der Waals surface area contributed by atoms with Crippen LogP contribution in [0.3, 0.4) is 0 Å². The molecule has 4 heteroatoms. The summed E-state index contributed by atoms with van der Waals surface area (Å²) in [6, 6.07) is 0. The van der Waals surface area contributed by atoms with Gasteiger partial charge in [-0.3, -0.25) is 4.79 Å². The molecule has 4 nitrogen and oxygen atoms in total. The molecule has 82 valence electrons. The second-order valence-electron chi connectivity index (χ2n) is 3.91. The maximum absolute atomic E-state index is 11.5. The first kappa shape index (κ1) is 11.5. The zero-order valence-corrected chi connectivity index (χ0v) is 8.91. The first-order valence-corrected chi connectivity index (χ1v) is 5.17. The minimum atomic E-state index is -0.407. The van der Waals surface area contributed by atoms with E-state index in [1.807, 2.05) is 0 Å². The van der Waals surface area contributed by atoms with E-state index in [4.69, 9.17) is 9.47 Å². The van der Waals surface area contributed by atoms with Gasteiger partial charge >= 0.3 is 0 Å². The first-order valence-electron chi connectivity index (χ1n) is 5.17. The van der Waals surface area contributed by atoms with Gasteiger partial charge in [0, 0.05) is 6.54 Å². The molecule has 0 spiro atoms. The van der Waals surface area contributed by atoms with Gasteiger partial charge in [0.2, 0.25) is 0 Å². The van der Waals surface area contributed by atoms with Gasteiger partial charge in [0.15, 0.2) is 6.10 Å². The van der Waals surface area contributed by atoms with Crippen LogP contribution in [0.4, 0.5) is 0 Å². The van der Waals surface area contributed by atoms with Gasteiger partial charge in [0.1, 0.15) is 0 Å². The number of carbonyl (C=O) groups is 1. The largest absolute Gasteiger partial charge is 0.376 e. The van der Waals surface area contributed by atoms with Crippen molar-refractivity contribution in [3.05, 3.63) is 0 Å². The van der Waals surface area contributed by atoms with Crippen molar-refractivity contribution in [2.24, 2.45) is 5.92 Å². The van der Waals surface area contributed by atoms with E-state index in [9.17, 15) is 4.79 Å². The van der Waals surface area contributed by atoms with E-state index in [0.717, 1.165) is 13.0 Å². The highest BCUT2D eigenvalue weighted by molar-refractivity contribution is 5.80. The van der Waals surface area contributed by atoms with Gasteiger partial charge in [-0.2, -0.15) is 0 Å². The number of hydrogen-bond donors (Lipinski definition) is 1. The van der Waals surface area contributed by atoms with E-state index < -0.39 is 6.10 Å². The fourth-order valence-corrected chi connectivity index (χ4v) is 1.24. The molecule has 0 aliphatic carbocycles. The van der Waals surface area contributed by atoms with Crippen molar-refractivity contribution in [1.29, 1.82) is 0 Å². The fraction of sp³-hybridized carbons (Fsp3) is 0.900. The Bertz CT molecular complexity index is 176. The third-order valence-corrected chi connectivity index (χ3v) is 2.13. The Morgan fingerprint density at radius 3 is 2.86 bits per heavy atom. The second kappa shape index (κ2) is 5.98. The third-order valence-electron chi connectivity index (χ3n) is 2.13. The minimum absolute atomic E-state index is 0.0506. The van der Waals surface area contributed by atoms with Crippen molar-refractivity contribution in [3.63, 3.8) is 0 Å². The SMILES string of the molecule is CC(C)CCNC(=O)C1COCCO1. The zero-order valence-electron chi connectivity index (χ0n) is 8.91. The highest BCUT2D eigenvalue weighted by Gasteiger charge is 2.21. The summed E-state index contributed by atoms with van der Waals surface area (Å²) in [6.07, 6.45) is 0.593. The van der Waals surface area contributed by atoms with Crippen LogP contribution in [0.25, 0.3) is 0 Å². The molecule has 1 amide bonds. The Balaban J connectivity index is 2.13. The summed E-state index contributed by atoms with van der Waals surface area (Å²) >= 11 is 0. The van der Waals surface area contributed by atoms with Crippen LogP contribution in [0.15, 0.2) is 0 Å². The lowest BCUT2D eigenvalue weighted by Gasteiger charge is -2.22. The zero-order chi connectivity index (χ0) is 10.4. The summed E-state index contributed by atoms with van der Waals surface area (Å²) in [7, 11) is 0. The summed E-state index contributed by atoms with van der Waals surface area (Å²) in [5.74, 6) is 0.559. The van der Waals surface area contributed by atoms with Crippen LogP contribution in [-0.2, 0) is 14.3 Å². The van der Waals surface area contributed by atoms with Crippen molar-refractivity contribution in [2.45, 2.75) is 26.4 Å². The van der Waals surface area contributed by atoms with Crippen LogP contribution < -0.4 is 5.32 Å². The minimum Gasteiger partial charge on any atom is -0.376 e. The normalized spacial score (nSPS) is 22.4. The molecule has 1 heterocycles. The summed E-state index contributed by atoms with van der Waals surface area (Å²) in [6.45, 7) is 6.47. The second-order valence-corrected chi connectivity index (χ2v) is 3.91. The monoisotopic (exact) mass is 201 g/mol. The van der Waals surface area contributed by atoms with Gasteiger partial charge < -0.3 is 14.8 Å². The van der Waals surface area contributed by atoms with Gasteiger partial charge in [0.25, 0.3) is 5.91 Å². The predicted molar refractivity (Wildman–Crippen MR) is 53.0 cm³/mol. The van der Waals surface area contributed by atoms with Crippen molar-refractivity contribution >= 4 is 5.91 Å². The topological polar surface area (TPSA) is 47.6 Å². The maximum atomic E-state index is 11.5. The lowest BCUT2D eigenvalue weighted by Crippen LogP contribution is -2.43. The molecule has 1 saturated heterocycles. The number of rotatable bonds is 4. The van der Waals surface area contributed by atoms with Crippen LogP contribution in [0.2, 0.25) is 0 Å². The first-order chi connectivity index (χ1) is 6.70. The van der Waals surface area contributed by atoms with Gasteiger partial charge in [-0.1, -0.05) is 13.8 Å². The summed E-state index contributed by atoms with van der Waals surface area (Å²) in [5.41, 5.74) is 0. The van der Waals surface area contributed by atoms with Crippen molar-refractivity contribution in [2.75, 3.05) is 26.4 Å². The number of carbonyl (C=O) groups excluding carboxylic acids is 1. The molecule has 1 atom stereocenters. The molecule has 0 saturated carbocycles. The average Bonchev–Trinajstić information content (AvgIpc) is 2.18. The Hall–Kier alpha value is -0.610. The molecule has 1 rings (SSSR count). The van der Waals surface area contributed by atoms with Gasteiger partial charge in [-0.15, -0.1) is 0 Å². The number of nitrogens with one attached hydrogen (secondary N) is 1. The van der Waals surface area contributed by atoms with Gasteiger partial charge in [-0.05, 0) is 12.3 Å². The van der Waals surface area contributed by atoms with Crippen LogP contribution >= 0.6 is 0 Å². The van der Waals surface area contributed by atoms with Gasteiger partial charge in [-0.25, -0.2) is 0 Å². The molecule has 1 unspecified atom stereocenters. The molecular weight excluding hydrogens is 182 g/mol. The van der Waals surface area contributed by atoms with Crippen molar-refractivity contribution in [3.8, 4) is 0 Å². The van der Waals surface area contributed by atoms with E-state index in [0.29, 0.717) is 25.7 Å². The quantitative estimate of drug-likeness (QED) is 0.723. The van der Waals surface area contributed by atoms with E-state index in [1.165, 1.54) is 0 Å². The standard InChI is InChI=1S/C10H19NO3/c1-8(2)3-4-11-10(12)9-7-13-5-6-14-9/h8-9H,3-7H2,1-2H3,(H,11,12). The maximum Gasteiger partial charge on any atom is 0.251 e. The molecule has 0 aromatic rings. The summed E-state index contributed by atoms with van der Waals surface area (Å²) in [4.78, 5) is 11.5.